The molecule has 1 heterocycles. The molecule has 0 radical (unpaired) electrons. The molecule has 0 aromatic heterocycles. The van der Waals surface area contributed by atoms with Gasteiger partial charge >= 0.3 is 0 Å². The number of piperazine rings is 1. The first kappa shape index (κ1) is 13.3. The normalized spacial score (nSPS) is 23.6. The lowest BCUT2D eigenvalue weighted by molar-refractivity contribution is 0.127. The van der Waals surface area contributed by atoms with Gasteiger partial charge in [0.1, 0.15) is 0 Å². The Kier molecular flexibility index (Phi) is 4.14. The molecule has 1 N–H and O–H groups in total. The molecule has 2 unspecified atom stereocenters. The SMILES string of the molecule is CC1CN(Cc2ccccc2)C(c2ccccc2)CN1. The summed E-state index contributed by atoms with van der Waals surface area (Å²) in [6.45, 7) is 5.40. The second kappa shape index (κ2) is 6.21. The van der Waals surface area contributed by atoms with Crippen LogP contribution in [0.5, 0.6) is 0 Å². The minimum absolute atomic E-state index is 0.465. The molecular weight excluding hydrogens is 244 g/mol. The fourth-order valence-corrected chi connectivity index (χ4v) is 2.98. The van der Waals surface area contributed by atoms with Gasteiger partial charge < -0.3 is 5.32 Å². The van der Waals surface area contributed by atoms with Crippen LogP contribution in [0.1, 0.15) is 24.1 Å². The zero-order chi connectivity index (χ0) is 13.8. The van der Waals surface area contributed by atoms with Crippen LogP contribution in [-0.4, -0.2) is 24.0 Å². The third-order valence-electron chi connectivity index (χ3n) is 4.02. The number of rotatable bonds is 3. The van der Waals surface area contributed by atoms with Crippen LogP contribution < -0.4 is 5.32 Å². The number of nitrogens with one attached hydrogen (secondary N) is 1. The number of hydrogen-bond acceptors (Lipinski definition) is 2. The minimum atomic E-state index is 0.465. The Labute approximate surface area is 121 Å². The molecule has 2 atom stereocenters. The molecule has 0 spiro atoms. The van der Waals surface area contributed by atoms with Gasteiger partial charge in [0, 0.05) is 31.7 Å². The molecule has 0 bridgehead atoms. The van der Waals surface area contributed by atoms with E-state index in [0.717, 1.165) is 19.6 Å². The maximum atomic E-state index is 3.60. The maximum Gasteiger partial charge on any atom is 0.0476 e. The van der Waals surface area contributed by atoms with E-state index in [2.05, 4.69) is 77.8 Å². The molecule has 1 saturated heterocycles. The fraction of sp³-hybridized carbons (Fsp3) is 0.333. The Morgan fingerprint density at radius 2 is 1.65 bits per heavy atom. The topological polar surface area (TPSA) is 15.3 Å². The molecule has 104 valence electrons. The molecule has 1 fully saturated rings. The van der Waals surface area contributed by atoms with Gasteiger partial charge in [-0.3, -0.25) is 4.90 Å². The summed E-state index contributed by atoms with van der Waals surface area (Å²) in [5.74, 6) is 0. The summed E-state index contributed by atoms with van der Waals surface area (Å²) in [4.78, 5) is 2.59. The molecule has 20 heavy (non-hydrogen) atoms. The van der Waals surface area contributed by atoms with E-state index in [0.29, 0.717) is 12.1 Å². The minimum Gasteiger partial charge on any atom is -0.311 e. The molecule has 0 saturated carbocycles. The van der Waals surface area contributed by atoms with Crippen molar-refractivity contribution in [3.63, 3.8) is 0 Å². The highest BCUT2D eigenvalue weighted by Gasteiger charge is 2.26. The van der Waals surface area contributed by atoms with Gasteiger partial charge in [-0.15, -0.1) is 0 Å². The van der Waals surface area contributed by atoms with E-state index in [1.54, 1.807) is 0 Å². The van der Waals surface area contributed by atoms with Crippen molar-refractivity contribution in [3.8, 4) is 0 Å². The van der Waals surface area contributed by atoms with Crippen molar-refractivity contribution in [2.75, 3.05) is 13.1 Å². The molecule has 1 aliphatic rings. The second-order valence-electron chi connectivity index (χ2n) is 5.65. The van der Waals surface area contributed by atoms with Gasteiger partial charge in [-0.1, -0.05) is 60.7 Å². The third-order valence-corrected chi connectivity index (χ3v) is 4.02. The largest absolute Gasteiger partial charge is 0.311 e. The lowest BCUT2D eigenvalue weighted by atomic mass is 10.0. The van der Waals surface area contributed by atoms with Gasteiger partial charge in [0.25, 0.3) is 0 Å². The average Bonchev–Trinajstić information content (AvgIpc) is 2.49. The lowest BCUT2D eigenvalue weighted by Gasteiger charge is -2.39. The van der Waals surface area contributed by atoms with E-state index in [-0.39, 0.29) is 0 Å². The van der Waals surface area contributed by atoms with Crippen LogP contribution in [0, 0.1) is 0 Å². The van der Waals surface area contributed by atoms with Crippen LogP contribution in [-0.2, 0) is 6.54 Å². The lowest BCUT2D eigenvalue weighted by Crippen LogP contribution is -2.50. The van der Waals surface area contributed by atoms with Crippen LogP contribution in [0.25, 0.3) is 0 Å². The molecule has 1 aliphatic heterocycles. The van der Waals surface area contributed by atoms with Gasteiger partial charge in [0.2, 0.25) is 0 Å². The van der Waals surface area contributed by atoms with Gasteiger partial charge in [-0.05, 0) is 18.1 Å². The predicted octanol–water partition coefficient (Wildman–Crippen LogP) is 3.22. The van der Waals surface area contributed by atoms with Gasteiger partial charge in [-0.2, -0.15) is 0 Å². The van der Waals surface area contributed by atoms with Gasteiger partial charge in [0.05, 0.1) is 0 Å². The zero-order valence-electron chi connectivity index (χ0n) is 12.0. The Morgan fingerprint density at radius 1 is 1.00 bits per heavy atom. The van der Waals surface area contributed by atoms with Crippen molar-refractivity contribution in [1.29, 1.82) is 0 Å². The van der Waals surface area contributed by atoms with E-state index >= 15 is 0 Å². The summed E-state index contributed by atoms with van der Waals surface area (Å²) < 4.78 is 0. The summed E-state index contributed by atoms with van der Waals surface area (Å²) in [6, 6.07) is 22.6. The molecule has 2 aromatic carbocycles. The molecule has 0 amide bonds. The Morgan fingerprint density at radius 3 is 2.35 bits per heavy atom. The smallest absolute Gasteiger partial charge is 0.0476 e. The fourth-order valence-electron chi connectivity index (χ4n) is 2.98. The van der Waals surface area contributed by atoms with Crippen LogP contribution in [0.3, 0.4) is 0 Å². The van der Waals surface area contributed by atoms with Crippen molar-refractivity contribution >= 4 is 0 Å². The Bertz CT molecular complexity index is 524. The molecule has 0 aliphatic carbocycles. The van der Waals surface area contributed by atoms with Crippen molar-refractivity contribution in [2.24, 2.45) is 0 Å². The Hall–Kier alpha value is -1.64. The van der Waals surface area contributed by atoms with Crippen LogP contribution in [0.2, 0.25) is 0 Å². The van der Waals surface area contributed by atoms with Crippen LogP contribution in [0.15, 0.2) is 60.7 Å². The Balaban J connectivity index is 1.80. The highest BCUT2D eigenvalue weighted by molar-refractivity contribution is 5.21. The van der Waals surface area contributed by atoms with Crippen LogP contribution >= 0.6 is 0 Å². The highest BCUT2D eigenvalue weighted by Crippen LogP contribution is 2.25. The van der Waals surface area contributed by atoms with Gasteiger partial charge in [-0.25, -0.2) is 0 Å². The third kappa shape index (κ3) is 3.09. The first-order valence-corrected chi connectivity index (χ1v) is 7.39. The number of hydrogen-bond donors (Lipinski definition) is 1. The van der Waals surface area contributed by atoms with E-state index in [1.807, 2.05) is 0 Å². The van der Waals surface area contributed by atoms with E-state index in [1.165, 1.54) is 11.1 Å². The first-order valence-electron chi connectivity index (χ1n) is 7.39. The maximum absolute atomic E-state index is 3.60. The molecule has 2 aromatic rings. The van der Waals surface area contributed by atoms with E-state index < -0.39 is 0 Å². The summed E-state index contributed by atoms with van der Waals surface area (Å²) in [5.41, 5.74) is 2.80. The highest BCUT2D eigenvalue weighted by atomic mass is 15.2. The van der Waals surface area contributed by atoms with Crippen molar-refractivity contribution in [3.05, 3.63) is 71.8 Å². The first-order chi connectivity index (χ1) is 9.83. The summed E-state index contributed by atoms with van der Waals surface area (Å²) in [6.07, 6.45) is 0. The van der Waals surface area contributed by atoms with Crippen molar-refractivity contribution < 1.29 is 0 Å². The summed E-state index contributed by atoms with van der Waals surface area (Å²) in [7, 11) is 0. The average molecular weight is 266 g/mol. The monoisotopic (exact) mass is 266 g/mol. The predicted molar refractivity (Wildman–Crippen MR) is 83.5 cm³/mol. The molecule has 2 nitrogen and oxygen atoms in total. The number of benzene rings is 2. The van der Waals surface area contributed by atoms with Crippen molar-refractivity contribution in [2.45, 2.75) is 25.6 Å². The molecule has 3 rings (SSSR count). The summed E-state index contributed by atoms with van der Waals surface area (Å²) >= 11 is 0. The van der Waals surface area contributed by atoms with E-state index in [4.69, 9.17) is 0 Å². The second-order valence-corrected chi connectivity index (χ2v) is 5.65. The number of nitrogens with zero attached hydrogens (tertiary/aromatic N) is 1. The van der Waals surface area contributed by atoms with E-state index in [9.17, 15) is 0 Å². The van der Waals surface area contributed by atoms with Crippen LogP contribution in [0.4, 0.5) is 0 Å². The molecular formula is C18H22N2. The van der Waals surface area contributed by atoms with Crippen molar-refractivity contribution in [1.82, 2.24) is 10.2 Å². The molecule has 2 heteroatoms. The summed E-state index contributed by atoms with van der Waals surface area (Å²) in [5, 5.41) is 3.60. The standard InChI is InChI=1S/C18H22N2/c1-15-13-20(14-16-8-4-2-5-9-16)18(12-19-15)17-10-6-3-7-11-17/h2-11,15,18-19H,12-14H2,1H3. The quantitative estimate of drug-likeness (QED) is 0.917. The zero-order valence-corrected chi connectivity index (χ0v) is 12.0. The van der Waals surface area contributed by atoms with Gasteiger partial charge in [0.15, 0.2) is 0 Å².